The van der Waals surface area contributed by atoms with Gasteiger partial charge in [-0.3, -0.25) is 4.79 Å². The third kappa shape index (κ3) is 3.14. The molecule has 1 aliphatic carbocycles. The number of halogens is 2. The van der Waals surface area contributed by atoms with Crippen LogP contribution in [0.15, 0.2) is 48.5 Å². The summed E-state index contributed by atoms with van der Waals surface area (Å²) in [5.41, 5.74) is 1.64. The van der Waals surface area contributed by atoms with Gasteiger partial charge < -0.3 is 5.32 Å². The Balaban J connectivity index is 1.62. The third-order valence-corrected chi connectivity index (χ3v) is 4.41. The smallest absolute Gasteiger partial charge is 0.224 e. The molecule has 0 bridgehead atoms. The average Bonchev–Trinajstić information content (AvgIpc) is 3.28. The summed E-state index contributed by atoms with van der Waals surface area (Å²) in [6.45, 7) is 1.93. The zero-order chi connectivity index (χ0) is 15.7. The van der Waals surface area contributed by atoms with E-state index in [1.807, 2.05) is 25.1 Å². The van der Waals surface area contributed by atoms with Crippen molar-refractivity contribution < 1.29 is 9.18 Å². The van der Waals surface area contributed by atoms with Crippen LogP contribution in [0.2, 0.25) is 5.02 Å². The molecular formula is C18H17ClFNO. The molecular weight excluding hydrogens is 301 g/mol. The van der Waals surface area contributed by atoms with Crippen molar-refractivity contribution in [2.75, 3.05) is 0 Å². The second-order valence-corrected chi connectivity index (χ2v) is 6.19. The second kappa shape index (κ2) is 6.09. The predicted octanol–water partition coefficient (Wildman–Crippen LogP) is 4.46. The molecule has 2 nitrogen and oxygen atoms in total. The lowest BCUT2D eigenvalue weighted by Crippen LogP contribution is -2.28. The van der Waals surface area contributed by atoms with Crippen molar-refractivity contribution in [2.45, 2.75) is 25.3 Å². The van der Waals surface area contributed by atoms with E-state index in [0.717, 1.165) is 5.56 Å². The summed E-state index contributed by atoms with van der Waals surface area (Å²) in [6.07, 6.45) is 0.708. The number of carbonyl (C=O) groups is 1. The van der Waals surface area contributed by atoms with Crippen LogP contribution in [0.1, 0.15) is 36.4 Å². The lowest BCUT2D eigenvalue weighted by Gasteiger charge is -2.14. The molecule has 3 rings (SSSR count). The molecule has 2 aromatic carbocycles. The molecule has 1 N–H and O–H groups in total. The first-order chi connectivity index (χ1) is 10.6. The zero-order valence-corrected chi connectivity index (χ0v) is 13.0. The van der Waals surface area contributed by atoms with Gasteiger partial charge in [0, 0.05) is 10.9 Å². The normalized spacial score (nSPS) is 21.2. The molecule has 114 valence electrons. The monoisotopic (exact) mass is 317 g/mol. The van der Waals surface area contributed by atoms with Crippen LogP contribution >= 0.6 is 11.6 Å². The second-order valence-electron chi connectivity index (χ2n) is 5.75. The van der Waals surface area contributed by atoms with E-state index in [4.69, 9.17) is 11.6 Å². The van der Waals surface area contributed by atoms with E-state index in [-0.39, 0.29) is 29.6 Å². The van der Waals surface area contributed by atoms with Crippen molar-refractivity contribution in [2.24, 2.45) is 5.92 Å². The Kier molecular flexibility index (Phi) is 4.16. The maximum Gasteiger partial charge on any atom is 0.224 e. The molecule has 4 heteroatoms. The van der Waals surface area contributed by atoms with E-state index in [1.54, 1.807) is 24.3 Å². The van der Waals surface area contributed by atoms with Crippen molar-refractivity contribution in [3.63, 3.8) is 0 Å². The highest BCUT2D eigenvalue weighted by molar-refractivity contribution is 6.30. The Hall–Kier alpha value is -1.87. The molecule has 0 saturated heterocycles. The minimum atomic E-state index is -0.228. The molecule has 1 fully saturated rings. The molecule has 2 aromatic rings. The van der Waals surface area contributed by atoms with Gasteiger partial charge in [0.1, 0.15) is 5.82 Å². The van der Waals surface area contributed by atoms with E-state index < -0.39 is 0 Å². The summed E-state index contributed by atoms with van der Waals surface area (Å²) in [5, 5.41) is 3.66. The number of amides is 1. The highest BCUT2D eigenvalue weighted by Crippen LogP contribution is 2.48. The first-order valence-corrected chi connectivity index (χ1v) is 7.74. The number of hydrogen-bond acceptors (Lipinski definition) is 1. The Morgan fingerprint density at radius 3 is 2.59 bits per heavy atom. The van der Waals surface area contributed by atoms with Crippen molar-refractivity contribution in [3.8, 4) is 0 Å². The van der Waals surface area contributed by atoms with E-state index in [2.05, 4.69) is 5.32 Å². The number of rotatable bonds is 4. The summed E-state index contributed by atoms with van der Waals surface area (Å²) < 4.78 is 13.7. The SMILES string of the molecule is CC(NC(=O)C1CC1c1ccccc1F)c1ccc(Cl)cc1. The minimum Gasteiger partial charge on any atom is -0.349 e. The minimum absolute atomic E-state index is 0.00128. The maximum absolute atomic E-state index is 13.7. The Morgan fingerprint density at radius 1 is 1.23 bits per heavy atom. The summed E-state index contributed by atoms with van der Waals surface area (Å²) in [6, 6.07) is 14.0. The molecule has 3 unspecified atom stereocenters. The highest BCUT2D eigenvalue weighted by atomic mass is 35.5. The van der Waals surface area contributed by atoms with Crippen LogP contribution in [-0.4, -0.2) is 5.91 Å². The largest absolute Gasteiger partial charge is 0.349 e. The van der Waals surface area contributed by atoms with E-state index in [9.17, 15) is 9.18 Å². The van der Waals surface area contributed by atoms with Gasteiger partial charge in [-0.1, -0.05) is 41.9 Å². The van der Waals surface area contributed by atoms with Gasteiger partial charge in [-0.25, -0.2) is 4.39 Å². The van der Waals surface area contributed by atoms with Crippen LogP contribution in [0.4, 0.5) is 4.39 Å². The van der Waals surface area contributed by atoms with Gasteiger partial charge in [0.25, 0.3) is 0 Å². The van der Waals surface area contributed by atoms with Crippen LogP contribution in [0, 0.1) is 11.7 Å². The van der Waals surface area contributed by atoms with Crippen LogP contribution in [0.3, 0.4) is 0 Å². The molecule has 0 aromatic heterocycles. The van der Waals surface area contributed by atoms with Gasteiger partial charge in [0.15, 0.2) is 0 Å². The topological polar surface area (TPSA) is 29.1 Å². The summed E-state index contributed by atoms with van der Waals surface area (Å²) in [7, 11) is 0. The van der Waals surface area contributed by atoms with Crippen LogP contribution < -0.4 is 5.32 Å². The molecule has 3 atom stereocenters. The van der Waals surface area contributed by atoms with Gasteiger partial charge in [0.2, 0.25) is 5.91 Å². The molecule has 0 aliphatic heterocycles. The Morgan fingerprint density at radius 2 is 1.91 bits per heavy atom. The first-order valence-electron chi connectivity index (χ1n) is 7.36. The van der Waals surface area contributed by atoms with Crippen molar-refractivity contribution >= 4 is 17.5 Å². The standard InChI is InChI=1S/C18H17ClFNO/c1-11(12-6-8-13(19)9-7-12)21-18(22)16-10-15(16)14-4-2-3-5-17(14)20/h2-9,11,15-16H,10H2,1H3,(H,21,22). The van der Waals surface area contributed by atoms with Gasteiger partial charge in [0.05, 0.1) is 6.04 Å². The van der Waals surface area contributed by atoms with E-state index >= 15 is 0 Å². The number of benzene rings is 2. The van der Waals surface area contributed by atoms with Gasteiger partial charge >= 0.3 is 0 Å². The van der Waals surface area contributed by atoms with Crippen molar-refractivity contribution in [1.29, 1.82) is 0 Å². The highest BCUT2D eigenvalue weighted by Gasteiger charge is 2.45. The molecule has 0 heterocycles. The van der Waals surface area contributed by atoms with Crippen molar-refractivity contribution in [1.82, 2.24) is 5.32 Å². The molecule has 1 saturated carbocycles. The number of nitrogens with one attached hydrogen (secondary N) is 1. The van der Waals surface area contributed by atoms with E-state index in [1.165, 1.54) is 6.07 Å². The number of carbonyl (C=O) groups excluding carboxylic acids is 1. The average molecular weight is 318 g/mol. The zero-order valence-electron chi connectivity index (χ0n) is 12.2. The van der Waals surface area contributed by atoms with Gasteiger partial charge in [-0.15, -0.1) is 0 Å². The Bertz CT molecular complexity index is 686. The molecule has 1 amide bonds. The summed E-state index contributed by atoms with van der Waals surface area (Å²) in [5.74, 6) is -0.380. The summed E-state index contributed by atoms with van der Waals surface area (Å²) >= 11 is 5.86. The lowest BCUT2D eigenvalue weighted by atomic mass is 10.1. The van der Waals surface area contributed by atoms with Gasteiger partial charge in [-0.05, 0) is 48.6 Å². The van der Waals surface area contributed by atoms with Crippen LogP contribution in [0.25, 0.3) is 0 Å². The fraction of sp³-hybridized carbons (Fsp3) is 0.278. The van der Waals surface area contributed by atoms with Crippen molar-refractivity contribution in [3.05, 3.63) is 70.5 Å². The maximum atomic E-state index is 13.7. The first kappa shape index (κ1) is 15.0. The summed E-state index contributed by atoms with van der Waals surface area (Å²) in [4.78, 5) is 12.3. The lowest BCUT2D eigenvalue weighted by molar-refractivity contribution is -0.123. The fourth-order valence-corrected chi connectivity index (χ4v) is 2.89. The quantitative estimate of drug-likeness (QED) is 0.886. The predicted molar refractivity (Wildman–Crippen MR) is 85.3 cm³/mol. The molecule has 22 heavy (non-hydrogen) atoms. The molecule has 0 spiro atoms. The van der Waals surface area contributed by atoms with Crippen LogP contribution in [-0.2, 0) is 4.79 Å². The molecule has 1 aliphatic rings. The molecule has 0 radical (unpaired) electrons. The van der Waals surface area contributed by atoms with Crippen LogP contribution in [0.5, 0.6) is 0 Å². The number of hydrogen-bond donors (Lipinski definition) is 1. The third-order valence-electron chi connectivity index (χ3n) is 4.16. The fourth-order valence-electron chi connectivity index (χ4n) is 2.76. The Labute approximate surface area is 134 Å². The van der Waals surface area contributed by atoms with Gasteiger partial charge in [-0.2, -0.15) is 0 Å². The van der Waals surface area contributed by atoms with E-state index in [0.29, 0.717) is 17.0 Å².